The van der Waals surface area contributed by atoms with Crippen LogP contribution in [0.25, 0.3) is 0 Å². The van der Waals surface area contributed by atoms with Gasteiger partial charge in [-0.2, -0.15) is 0 Å². The zero-order valence-corrected chi connectivity index (χ0v) is 16.6. The molecule has 2 heterocycles. The molecule has 144 valence electrons. The first-order valence-electron chi connectivity index (χ1n) is 8.90. The molecule has 0 saturated carbocycles. The van der Waals surface area contributed by atoms with Gasteiger partial charge in [-0.1, -0.05) is 17.7 Å². The van der Waals surface area contributed by atoms with Crippen LogP contribution < -0.4 is 10.6 Å². The van der Waals surface area contributed by atoms with Crippen molar-refractivity contribution in [3.63, 3.8) is 0 Å². The zero-order chi connectivity index (χ0) is 19.2. The van der Waals surface area contributed by atoms with Gasteiger partial charge in [0.1, 0.15) is 10.8 Å². The van der Waals surface area contributed by atoms with Crippen molar-refractivity contribution in [1.29, 1.82) is 0 Å². The van der Waals surface area contributed by atoms with E-state index in [0.717, 1.165) is 31.0 Å². The molecule has 1 unspecified atom stereocenters. The molecular weight excluding hydrogens is 354 g/mol. The van der Waals surface area contributed by atoms with Crippen molar-refractivity contribution in [2.24, 2.45) is 4.99 Å². The van der Waals surface area contributed by atoms with Gasteiger partial charge in [0.25, 0.3) is 0 Å². The van der Waals surface area contributed by atoms with Gasteiger partial charge in [-0.15, -0.1) is 0 Å². The molecule has 1 amide bonds. The smallest absolute Gasteiger partial charge is 0.407 e. The molecule has 26 heavy (non-hydrogen) atoms. The van der Waals surface area contributed by atoms with Gasteiger partial charge in [-0.3, -0.25) is 0 Å². The quantitative estimate of drug-likeness (QED) is 0.476. The normalized spacial score (nSPS) is 18.0. The van der Waals surface area contributed by atoms with Crippen molar-refractivity contribution in [1.82, 2.24) is 20.5 Å². The Hall–Kier alpha value is -2.02. The van der Waals surface area contributed by atoms with E-state index in [0.29, 0.717) is 18.2 Å². The van der Waals surface area contributed by atoms with Crippen LogP contribution in [0, 0.1) is 0 Å². The molecule has 1 aromatic heterocycles. The second kappa shape index (κ2) is 9.07. The molecule has 1 fully saturated rings. The average Bonchev–Trinajstić information content (AvgIpc) is 2.99. The number of likely N-dealkylation sites (tertiary alicyclic amines) is 1. The van der Waals surface area contributed by atoms with Crippen LogP contribution >= 0.6 is 11.6 Å². The van der Waals surface area contributed by atoms with Gasteiger partial charge in [-0.25, -0.2) is 14.8 Å². The second-order valence-electron chi connectivity index (χ2n) is 7.24. The summed E-state index contributed by atoms with van der Waals surface area (Å²) in [6.07, 6.45) is 2.21. The fourth-order valence-electron chi connectivity index (χ4n) is 2.64. The molecule has 1 aliphatic heterocycles. The number of nitrogens with one attached hydrogen (secondary N) is 2. The van der Waals surface area contributed by atoms with E-state index in [1.165, 1.54) is 0 Å². The summed E-state index contributed by atoms with van der Waals surface area (Å²) in [6.45, 7) is 10.4. The molecule has 2 N–H and O–H groups in total. The van der Waals surface area contributed by atoms with Gasteiger partial charge < -0.3 is 20.3 Å². The van der Waals surface area contributed by atoms with Crippen LogP contribution in [0.5, 0.6) is 0 Å². The van der Waals surface area contributed by atoms with E-state index < -0.39 is 5.60 Å². The number of rotatable bonds is 4. The summed E-state index contributed by atoms with van der Waals surface area (Å²) < 4.78 is 5.33. The molecule has 8 heteroatoms. The summed E-state index contributed by atoms with van der Waals surface area (Å²) in [6, 6.07) is 3.72. The Labute approximate surface area is 160 Å². The number of nitrogens with zero attached hydrogens (tertiary/aromatic N) is 3. The molecule has 0 bridgehead atoms. The number of hydrogen-bond acceptors (Lipinski definition) is 4. The number of alkyl carbamates (subject to hydrolysis) is 1. The zero-order valence-electron chi connectivity index (χ0n) is 15.9. The first kappa shape index (κ1) is 20.3. The van der Waals surface area contributed by atoms with Crippen LogP contribution in [0.1, 0.15) is 39.7 Å². The number of carbonyl (C=O) groups excluding carboxylic acids is 1. The monoisotopic (exact) mass is 381 g/mol. The molecular formula is C18H28ClN5O2. The minimum Gasteiger partial charge on any atom is -0.444 e. The number of aliphatic imine (C=N–C) groups is 1. The van der Waals surface area contributed by atoms with Crippen molar-refractivity contribution >= 4 is 23.7 Å². The third-order valence-electron chi connectivity index (χ3n) is 3.74. The first-order valence-corrected chi connectivity index (χ1v) is 9.28. The minimum absolute atomic E-state index is 0.0471. The highest BCUT2D eigenvalue weighted by Gasteiger charge is 2.27. The number of aromatic nitrogens is 1. The lowest BCUT2D eigenvalue weighted by atomic mass is 10.2. The summed E-state index contributed by atoms with van der Waals surface area (Å²) in [5.74, 6) is 0.830. The lowest BCUT2D eigenvalue weighted by Crippen LogP contribution is -2.44. The van der Waals surface area contributed by atoms with Gasteiger partial charge in [0, 0.05) is 25.8 Å². The van der Waals surface area contributed by atoms with E-state index in [1.807, 2.05) is 33.8 Å². The molecule has 7 nitrogen and oxygen atoms in total. The highest BCUT2D eigenvalue weighted by Crippen LogP contribution is 2.13. The summed E-state index contributed by atoms with van der Waals surface area (Å²) >= 11 is 5.81. The van der Waals surface area contributed by atoms with Gasteiger partial charge in [0.15, 0.2) is 5.96 Å². The molecule has 0 spiro atoms. The fraction of sp³-hybridized carbons (Fsp3) is 0.611. The third kappa shape index (κ3) is 6.71. The van der Waals surface area contributed by atoms with Crippen LogP contribution in [0.2, 0.25) is 5.15 Å². The van der Waals surface area contributed by atoms with Crippen molar-refractivity contribution in [3.05, 3.63) is 29.0 Å². The molecule has 0 radical (unpaired) electrons. The largest absolute Gasteiger partial charge is 0.444 e. The Balaban J connectivity index is 1.92. The van der Waals surface area contributed by atoms with Gasteiger partial charge in [-0.05, 0) is 45.7 Å². The maximum atomic E-state index is 11.9. The number of pyridine rings is 1. The van der Waals surface area contributed by atoms with Crippen LogP contribution in [0.15, 0.2) is 23.3 Å². The lowest BCUT2D eigenvalue weighted by molar-refractivity contribution is 0.0507. The van der Waals surface area contributed by atoms with Crippen LogP contribution in [0.4, 0.5) is 4.79 Å². The number of amides is 1. The number of carbonyl (C=O) groups is 1. The first-order chi connectivity index (χ1) is 12.3. The number of hydrogen-bond donors (Lipinski definition) is 2. The number of guanidine groups is 1. The maximum absolute atomic E-state index is 11.9. The van der Waals surface area contributed by atoms with E-state index in [4.69, 9.17) is 16.3 Å². The van der Waals surface area contributed by atoms with Crippen LogP contribution in [-0.4, -0.2) is 53.2 Å². The van der Waals surface area contributed by atoms with Crippen LogP contribution in [0.3, 0.4) is 0 Å². The predicted molar refractivity (Wildman–Crippen MR) is 103 cm³/mol. The highest BCUT2D eigenvalue weighted by atomic mass is 35.5. The Morgan fingerprint density at radius 1 is 1.46 bits per heavy atom. The van der Waals surface area contributed by atoms with E-state index in [1.54, 1.807) is 12.3 Å². The summed E-state index contributed by atoms with van der Waals surface area (Å²) in [5, 5.41) is 6.71. The van der Waals surface area contributed by atoms with Crippen molar-refractivity contribution in [2.75, 3.05) is 19.6 Å². The molecule has 0 aromatic carbocycles. The van der Waals surface area contributed by atoms with Gasteiger partial charge >= 0.3 is 6.09 Å². The average molecular weight is 382 g/mol. The number of ether oxygens (including phenoxy) is 1. The third-order valence-corrected chi connectivity index (χ3v) is 3.97. The Kier molecular flexibility index (Phi) is 7.08. The van der Waals surface area contributed by atoms with E-state index in [2.05, 4.69) is 25.5 Å². The fourth-order valence-corrected chi connectivity index (χ4v) is 2.75. The lowest BCUT2D eigenvalue weighted by Gasteiger charge is -2.23. The highest BCUT2D eigenvalue weighted by molar-refractivity contribution is 6.29. The van der Waals surface area contributed by atoms with E-state index >= 15 is 0 Å². The van der Waals surface area contributed by atoms with E-state index in [9.17, 15) is 4.79 Å². The second-order valence-corrected chi connectivity index (χ2v) is 7.62. The minimum atomic E-state index is -0.495. The summed E-state index contributed by atoms with van der Waals surface area (Å²) in [7, 11) is 0. The van der Waals surface area contributed by atoms with E-state index in [-0.39, 0.29) is 12.1 Å². The molecule has 1 atom stereocenters. The molecule has 0 aliphatic carbocycles. The SMILES string of the molecule is CCNC(=NCc1ccc(Cl)nc1)N1CCC(NC(=O)OC(C)(C)C)C1. The standard InChI is InChI=1S/C18H28ClN5O2/c1-5-20-16(22-11-13-6-7-15(19)21-10-13)24-9-8-14(12-24)23-17(25)26-18(2,3)4/h6-7,10,14H,5,8-9,11-12H2,1-4H3,(H,20,22)(H,23,25). The molecule has 1 saturated heterocycles. The predicted octanol–water partition coefficient (Wildman–Crippen LogP) is 2.80. The maximum Gasteiger partial charge on any atom is 0.407 e. The van der Waals surface area contributed by atoms with Crippen molar-refractivity contribution in [3.8, 4) is 0 Å². The molecule has 2 rings (SSSR count). The topological polar surface area (TPSA) is 78.9 Å². The molecule has 1 aliphatic rings. The summed E-state index contributed by atoms with van der Waals surface area (Å²) in [4.78, 5) is 22.8. The Morgan fingerprint density at radius 3 is 2.85 bits per heavy atom. The van der Waals surface area contributed by atoms with Crippen molar-refractivity contribution < 1.29 is 9.53 Å². The van der Waals surface area contributed by atoms with Crippen molar-refractivity contribution in [2.45, 2.75) is 52.3 Å². The van der Waals surface area contributed by atoms with Crippen LogP contribution in [-0.2, 0) is 11.3 Å². The molecule has 1 aromatic rings. The Bertz CT molecular complexity index is 627. The van der Waals surface area contributed by atoms with Gasteiger partial charge in [0.05, 0.1) is 12.6 Å². The summed E-state index contributed by atoms with van der Waals surface area (Å²) in [5.41, 5.74) is 0.498. The van der Waals surface area contributed by atoms with Gasteiger partial charge in [0.2, 0.25) is 0 Å². The Morgan fingerprint density at radius 2 is 2.23 bits per heavy atom. The number of halogens is 1.